The zero-order valence-corrected chi connectivity index (χ0v) is 14.7. The summed E-state index contributed by atoms with van der Waals surface area (Å²) in [4.78, 5) is 25.5. The number of carbonyl (C=O) groups is 2. The molecule has 2 heterocycles. The summed E-state index contributed by atoms with van der Waals surface area (Å²) in [6.07, 6.45) is -5.69. The molecule has 0 spiro atoms. The minimum atomic E-state index is -4.65. The summed E-state index contributed by atoms with van der Waals surface area (Å²) in [5, 5.41) is 6.57. The summed E-state index contributed by atoms with van der Waals surface area (Å²) in [7, 11) is 0. The first-order valence-electron chi connectivity index (χ1n) is 8.29. The summed E-state index contributed by atoms with van der Waals surface area (Å²) < 4.78 is 66.7. The van der Waals surface area contributed by atoms with Crippen LogP contribution in [0, 0.1) is 18.6 Å². The molecule has 0 saturated carbocycles. The smallest absolute Gasteiger partial charge is 0.333 e. The predicted molar refractivity (Wildman–Crippen MR) is 84.9 cm³/mol. The first-order valence-corrected chi connectivity index (χ1v) is 8.29. The van der Waals surface area contributed by atoms with Crippen molar-refractivity contribution in [2.45, 2.75) is 39.0 Å². The van der Waals surface area contributed by atoms with Crippen LogP contribution in [-0.4, -0.2) is 37.9 Å². The second-order valence-electron chi connectivity index (χ2n) is 6.49. The molecule has 1 aliphatic rings. The molecular weight excluding hydrogens is 387 g/mol. The Labute approximate surface area is 156 Å². The molecule has 1 aromatic heterocycles. The number of Topliss-reactive ketones (excluding diaryl/α,β-unsaturated/α-hetero) is 1. The van der Waals surface area contributed by atoms with E-state index in [2.05, 4.69) is 10.2 Å². The number of ketones is 1. The van der Waals surface area contributed by atoms with Crippen LogP contribution in [0.2, 0.25) is 0 Å². The molecule has 1 aliphatic heterocycles. The van der Waals surface area contributed by atoms with E-state index in [4.69, 9.17) is 0 Å². The lowest BCUT2D eigenvalue weighted by molar-refractivity contribution is -0.148. The number of fused-ring (bicyclic) bond motifs is 1. The summed E-state index contributed by atoms with van der Waals surface area (Å²) in [5.41, 5.74) is -0.0606. The molecule has 28 heavy (non-hydrogen) atoms. The number of halogens is 5. The largest absolute Gasteiger partial charge is 0.451 e. The molecule has 0 bridgehead atoms. The van der Waals surface area contributed by atoms with Gasteiger partial charge in [-0.3, -0.25) is 9.59 Å². The third kappa shape index (κ3) is 4.02. The van der Waals surface area contributed by atoms with Crippen LogP contribution in [-0.2, 0) is 35.3 Å². The monoisotopic (exact) mass is 402 g/mol. The predicted octanol–water partition coefficient (Wildman–Crippen LogP) is 2.43. The second kappa shape index (κ2) is 7.28. The van der Waals surface area contributed by atoms with E-state index < -0.39 is 48.2 Å². The minimum Gasteiger partial charge on any atom is -0.333 e. The molecule has 6 nitrogen and oxygen atoms in total. The molecule has 0 saturated heterocycles. The lowest BCUT2D eigenvalue weighted by Gasteiger charge is -2.28. The van der Waals surface area contributed by atoms with E-state index in [0.717, 1.165) is 16.7 Å². The number of rotatable bonds is 4. The Kier molecular flexibility index (Phi) is 5.18. The van der Waals surface area contributed by atoms with Gasteiger partial charge in [0.2, 0.25) is 11.7 Å². The third-order valence-electron chi connectivity index (χ3n) is 4.42. The second-order valence-corrected chi connectivity index (χ2v) is 6.49. The van der Waals surface area contributed by atoms with Crippen LogP contribution in [0.5, 0.6) is 0 Å². The molecule has 0 aliphatic carbocycles. The normalized spacial score (nSPS) is 14.1. The first-order chi connectivity index (χ1) is 13.1. The van der Waals surface area contributed by atoms with E-state index in [-0.39, 0.29) is 36.6 Å². The lowest BCUT2D eigenvalue weighted by Crippen LogP contribution is -2.40. The molecule has 0 N–H and O–H groups in total. The highest BCUT2D eigenvalue weighted by Gasteiger charge is 2.40. The van der Waals surface area contributed by atoms with Gasteiger partial charge >= 0.3 is 6.18 Å². The Balaban J connectivity index is 1.64. The van der Waals surface area contributed by atoms with Gasteiger partial charge < -0.3 is 9.47 Å². The van der Waals surface area contributed by atoms with Crippen molar-refractivity contribution in [3.05, 3.63) is 46.5 Å². The Morgan fingerprint density at radius 3 is 2.50 bits per heavy atom. The van der Waals surface area contributed by atoms with Crippen LogP contribution < -0.4 is 0 Å². The van der Waals surface area contributed by atoms with Crippen molar-refractivity contribution in [2.75, 3.05) is 6.54 Å². The van der Waals surface area contributed by atoms with Crippen molar-refractivity contribution in [1.82, 2.24) is 19.7 Å². The topological polar surface area (TPSA) is 68.1 Å². The summed E-state index contributed by atoms with van der Waals surface area (Å²) in [5.74, 6) is -3.83. The molecule has 2 aromatic rings. The van der Waals surface area contributed by atoms with Crippen LogP contribution in [0.4, 0.5) is 22.0 Å². The average molecular weight is 402 g/mol. The molecule has 150 valence electrons. The Morgan fingerprint density at radius 2 is 1.82 bits per heavy atom. The number of benzene rings is 1. The van der Waals surface area contributed by atoms with E-state index in [1.165, 1.54) is 11.8 Å². The number of alkyl halides is 3. The number of amides is 1. The molecule has 1 aromatic carbocycles. The molecule has 1 amide bonds. The zero-order valence-electron chi connectivity index (χ0n) is 14.7. The van der Waals surface area contributed by atoms with Gasteiger partial charge in [-0.15, -0.1) is 10.2 Å². The Hall–Kier alpha value is -2.85. The van der Waals surface area contributed by atoms with Crippen LogP contribution in [0.3, 0.4) is 0 Å². The maximum Gasteiger partial charge on any atom is 0.451 e. The van der Waals surface area contributed by atoms with Crippen LogP contribution in [0.25, 0.3) is 0 Å². The summed E-state index contributed by atoms with van der Waals surface area (Å²) in [6, 6.07) is 1.88. The fraction of sp³-hybridized carbons (Fsp3) is 0.412. The molecular formula is C17H15F5N4O2. The first kappa shape index (κ1) is 19.9. The maximum atomic E-state index is 13.8. The van der Waals surface area contributed by atoms with Gasteiger partial charge in [0.05, 0.1) is 13.0 Å². The van der Waals surface area contributed by atoms with Gasteiger partial charge in [-0.2, -0.15) is 13.2 Å². The zero-order chi connectivity index (χ0) is 20.6. The number of nitrogens with zero attached hydrogens (tertiary/aromatic N) is 4. The van der Waals surface area contributed by atoms with Crippen molar-refractivity contribution < 1.29 is 31.5 Å². The fourth-order valence-electron chi connectivity index (χ4n) is 2.96. The van der Waals surface area contributed by atoms with Gasteiger partial charge in [0.25, 0.3) is 0 Å². The number of hydrogen-bond donors (Lipinski definition) is 0. The van der Waals surface area contributed by atoms with Gasteiger partial charge in [-0.1, -0.05) is 0 Å². The molecule has 0 atom stereocenters. The van der Waals surface area contributed by atoms with Crippen LogP contribution in [0.1, 0.15) is 29.2 Å². The van der Waals surface area contributed by atoms with Gasteiger partial charge in [-0.05, 0) is 30.2 Å². The summed E-state index contributed by atoms with van der Waals surface area (Å²) in [6.45, 7) is 0.957. The van der Waals surface area contributed by atoms with Crippen molar-refractivity contribution in [1.29, 1.82) is 0 Å². The van der Waals surface area contributed by atoms with Gasteiger partial charge in [-0.25, -0.2) is 8.78 Å². The molecule has 3 rings (SSSR count). The van der Waals surface area contributed by atoms with E-state index >= 15 is 0 Å². The molecule has 0 unspecified atom stereocenters. The molecule has 0 radical (unpaired) electrons. The van der Waals surface area contributed by atoms with Crippen LogP contribution in [0.15, 0.2) is 12.1 Å². The van der Waals surface area contributed by atoms with Crippen molar-refractivity contribution in [3.8, 4) is 0 Å². The quantitative estimate of drug-likeness (QED) is 0.582. The number of hydrogen-bond acceptors (Lipinski definition) is 4. The number of aromatic nitrogens is 3. The Bertz CT molecular complexity index is 938. The lowest BCUT2D eigenvalue weighted by atomic mass is 10.0. The highest BCUT2D eigenvalue weighted by molar-refractivity contribution is 5.98. The average Bonchev–Trinajstić information content (AvgIpc) is 3.03. The number of carbonyl (C=O) groups excluding carboxylic acids is 2. The van der Waals surface area contributed by atoms with E-state index in [1.54, 1.807) is 0 Å². The SMILES string of the molecule is Cc1cc(F)c(CC(=O)CC(=O)N2CCn3c(nnc3C(F)(F)F)C2)cc1F. The summed E-state index contributed by atoms with van der Waals surface area (Å²) >= 11 is 0. The Morgan fingerprint density at radius 1 is 1.11 bits per heavy atom. The highest BCUT2D eigenvalue weighted by Crippen LogP contribution is 2.29. The third-order valence-corrected chi connectivity index (χ3v) is 4.42. The van der Waals surface area contributed by atoms with Crippen molar-refractivity contribution >= 4 is 11.7 Å². The number of aryl methyl sites for hydroxylation is 1. The highest BCUT2D eigenvalue weighted by atomic mass is 19.4. The van der Waals surface area contributed by atoms with E-state index in [0.29, 0.717) is 0 Å². The standard InChI is InChI=1S/C17H15F5N4O2/c1-9-4-13(19)10(6-12(9)18)5-11(27)7-15(28)25-2-3-26-14(8-25)23-24-16(26)17(20,21)22/h4,6H,2-3,5,7-8H2,1H3. The van der Waals surface area contributed by atoms with Crippen molar-refractivity contribution in [3.63, 3.8) is 0 Å². The van der Waals surface area contributed by atoms with Gasteiger partial charge in [0, 0.05) is 19.5 Å². The van der Waals surface area contributed by atoms with Crippen molar-refractivity contribution in [2.24, 2.45) is 0 Å². The maximum absolute atomic E-state index is 13.8. The molecule has 0 fully saturated rings. The van der Waals surface area contributed by atoms with Crippen LogP contribution >= 0.6 is 0 Å². The molecule has 11 heteroatoms. The fourth-order valence-corrected chi connectivity index (χ4v) is 2.96. The van der Waals surface area contributed by atoms with E-state index in [9.17, 15) is 31.5 Å². The van der Waals surface area contributed by atoms with Gasteiger partial charge in [0.15, 0.2) is 5.82 Å². The van der Waals surface area contributed by atoms with Gasteiger partial charge in [0.1, 0.15) is 17.4 Å². The van der Waals surface area contributed by atoms with E-state index in [1.807, 2.05) is 0 Å². The minimum absolute atomic E-state index is 0.0361.